The highest BCUT2D eigenvalue weighted by molar-refractivity contribution is 6.30. The maximum absolute atomic E-state index is 13.2. The second kappa shape index (κ2) is 7.44. The van der Waals surface area contributed by atoms with Crippen molar-refractivity contribution in [2.75, 3.05) is 5.01 Å². The third kappa shape index (κ3) is 3.30. The number of hydrogen-bond donors (Lipinski definition) is 0. The minimum absolute atomic E-state index is 0.128. The third-order valence-electron chi connectivity index (χ3n) is 4.74. The highest BCUT2D eigenvalue weighted by Crippen LogP contribution is 2.37. The van der Waals surface area contributed by atoms with E-state index in [1.165, 1.54) is 5.01 Å². The van der Waals surface area contributed by atoms with Crippen LogP contribution in [-0.2, 0) is 16.1 Å². The molecule has 134 valence electrons. The fraction of sp³-hybridized carbons (Fsp3) is 0.238. The zero-order valence-electron chi connectivity index (χ0n) is 14.9. The Morgan fingerprint density at radius 3 is 2.65 bits per heavy atom. The number of para-hydroxylation sites is 1. The Morgan fingerprint density at radius 2 is 2.00 bits per heavy atom. The molecule has 1 heterocycles. The van der Waals surface area contributed by atoms with Gasteiger partial charge in [-0.1, -0.05) is 48.0 Å². The van der Waals surface area contributed by atoms with E-state index in [9.17, 15) is 4.79 Å². The molecule has 0 spiro atoms. The molecular formula is C21H21ClN2O2. The van der Waals surface area contributed by atoms with E-state index >= 15 is 0 Å². The number of ether oxygens (including phenoxy) is 1. The van der Waals surface area contributed by atoms with Gasteiger partial charge >= 0.3 is 0 Å². The van der Waals surface area contributed by atoms with Crippen molar-refractivity contribution in [3.63, 3.8) is 0 Å². The first-order valence-corrected chi connectivity index (χ1v) is 8.78. The first-order valence-electron chi connectivity index (χ1n) is 8.40. The maximum atomic E-state index is 13.2. The Balaban J connectivity index is 1.82. The van der Waals surface area contributed by atoms with Crippen LogP contribution in [0.15, 0.2) is 72.4 Å². The van der Waals surface area contributed by atoms with Crippen LogP contribution in [0.5, 0.6) is 0 Å². The number of carbonyl (C=O) groups excluding carboxylic acids is 1. The largest absolute Gasteiger partial charge is 0.368 e. The normalized spacial score (nSPS) is 20.8. The predicted molar refractivity (Wildman–Crippen MR) is 105 cm³/mol. The van der Waals surface area contributed by atoms with Crippen LogP contribution in [0.4, 0.5) is 5.69 Å². The summed E-state index contributed by atoms with van der Waals surface area (Å²) in [6.07, 6.45) is 1.15. The van der Waals surface area contributed by atoms with Gasteiger partial charge in [-0.15, -0.1) is 6.58 Å². The number of hydrazone groups is 1. The molecule has 2 atom stereocenters. The Hall–Kier alpha value is -2.43. The molecular weight excluding hydrogens is 348 g/mol. The van der Waals surface area contributed by atoms with E-state index in [0.717, 1.165) is 11.3 Å². The summed E-state index contributed by atoms with van der Waals surface area (Å²) in [5.74, 6) is -0.128. The lowest BCUT2D eigenvalue weighted by Gasteiger charge is -2.30. The fourth-order valence-corrected chi connectivity index (χ4v) is 3.24. The minimum Gasteiger partial charge on any atom is -0.368 e. The lowest BCUT2D eigenvalue weighted by Crippen LogP contribution is -2.46. The molecule has 0 fully saturated rings. The molecule has 0 bridgehead atoms. The summed E-state index contributed by atoms with van der Waals surface area (Å²) in [5, 5.41) is 6.57. The van der Waals surface area contributed by atoms with Crippen molar-refractivity contribution in [1.29, 1.82) is 0 Å². The monoisotopic (exact) mass is 368 g/mol. The standard InChI is InChI=1S/C21H21ClN2O2/c1-4-19(26-14-16-9-8-10-17(22)13-16)21(3)15(2)23-24(20(21)25)18-11-6-5-7-12-18/h4-13,19H,1,14H2,2-3H3/t19-,21+/m0/s1. The number of carbonyl (C=O) groups is 1. The fourth-order valence-electron chi connectivity index (χ4n) is 3.03. The zero-order chi connectivity index (χ0) is 18.7. The molecule has 1 aliphatic heterocycles. The van der Waals surface area contributed by atoms with Gasteiger partial charge < -0.3 is 4.74 Å². The Kier molecular flexibility index (Phi) is 5.25. The predicted octanol–water partition coefficient (Wildman–Crippen LogP) is 4.84. The summed E-state index contributed by atoms with van der Waals surface area (Å²) in [4.78, 5) is 13.2. The van der Waals surface area contributed by atoms with Gasteiger partial charge in [0.25, 0.3) is 5.91 Å². The highest BCUT2D eigenvalue weighted by Gasteiger charge is 2.51. The van der Waals surface area contributed by atoms with Crippen molar-refractivity contribution < 1.29 is 9.53 Å². The molecule has 0 unspecified atom stereocenters. The molecule has 0 N–H and O–H groups in total. The van der Waals surface area contributed by atoms with Crippen LogP contribution < -0.4 is 5.01 Å². The Labute approximate surface area is 158 Å². The van der Waals surface area contributed by atoms with Gasteiger partial charge in [-0.25, -0.2) is 0 Å². The lowest BCUT2D eigenvalue weighted by molar-refractivity contribution is -0.128. The summed E-state index contributed by atoms with van der Waals surface area (Å²) in [7, 11) is 0. The summed E-state index contributed by atoms with van der Waals surface area (Å²) >= 11 is 6.03. The number of anilines is 1. The van der Waals surface area contributed by atoms with Crippen LogP contribution in [0.2, 0.25) is 5.02 Å². The molecule has 3 rings (SSSR count). The van der Waals surface area contributed by atoms with Crippen LogP contribution in [0.3, 0.4) is 0 Å². The maximum Gasteiger partial charge on any atom is 0.262 e. The lowest BCUT2D eigenvalue weighted by atomic mass is 9.79. The number of rotatable bonds is 6. The van der Waals surface area contributed by atoms with Crippen molar-refractivity contribution in [1.82, 2.24) is 0 Å². The third-order valence-corrected chi connectivity index (χ3v) is 4.98. The molecule has 1 amide bonds. The second-order valence-electron chi connectivity index (χ2n) is 6.44. The van der Waals surface area contributed by atoms with Crippen molar-refractivity contribution in [3.8, 4) is 0 Å². The topological polar surface area (TPSA) is 41.9 Å². The van der Waals surface area contributed by atoms with Crippen LogP contribution in [-0.4, -0.2) is 17.7 Å². The molecule has 0 saturated carbocycles. The van der Waals surface area contributed by atoms with Gasteiger partial charge in [0, 0.05) is 5.02 Å². The van der Waals surface area contributed by atoms with Crippen molar-refractivity contribution in [3.05, 3.63) is 77.8 Å². The van der Waals surface area contributed by atoms with Crippen molar-refractivity contribution in [2.24, 2.45) is 10.5 Å². The molecule has 5 heteroatoms. The number of amides is 1. The number of benzene rings is 2. The van der Waals surface area contributed by atoms with E-state index < -0.39 is 11.5 Å². The number of hydrogen-bond acceptors (Lipinski definition) is 3. The summed E-state index contributed by atoms with van der Waals surface area (Å²) < 4.78 is 6.04. The van der Waals surface area contributed by atoms with Crippen LogP contribution in [0.1, 0.15) is 19.4 Å². The molecule has 1 aliphatic rings. The van der Waals surface area contributed by atoms with Crippen LogP contribution in [0.25, 0.3) is 0 Å². The van der Waals surface area contributed by atoms with E-state index in [-0.39, 0.29) is 5.91 Å². The Morgan fingerprint density at radius 1 is 1.27 bits per heavy atom. The van der Waals surface area contributed by atoms with Gasteiger partial charge in [0.05, 0.1) is 24.1 Å². The zero-order valence-corrected chi connectivity index (χ0v) is 15.6. The quantitative estimate of drug-likeness (QED) is 0.684. The summed E-state index contributed by atoms with van der Waals surface area (Å²) in [6.45, 7) is 7.90. The first kappa shape index (κ1) is 18.4. The molecule has 0 aromatic heterocycles. The van der Waals surface area contributed by atoms with Gasteiger partial charge in [-0.05, 0) is 43.7 Å². The molecule has 0 saturated heterocycles. The molecule has 0 radical (unpaired) electrons. The summed E-state index contributed by atoms with van der Waals surface area (Å²) in [5.41, 5.74) is 1.46. The van der Waals surface area contributed by atoms with E-state index in [4.69, 9.17) is 16.3 Å². The molecule has 2 aromatic rings. The van der Waals surface area contributed by atoms with Crippen LogP contribution in [0, 0.1) is 5.41 Å². The van der Waals surface area contributed by atoms with Crippen LogP contribution >= 0.6 is 11.6 Å². The molecule has 2 aromatic carbocycles. The van der Waals surface area contributed by atoms with E-state index in [1.807, 2.05) is 68.4 Å². The van der Waals surface area contributed by atoms with Gasteiger partial charge in [-0.3, -0.25) is 4.79 Å². The Bertz CT molecular complexity index is 850. The SMILES string of the molecule is C=C[C@H](OCc1cccc(Cl)c1)[C@]1(C)C(=O)N(c2ccccc2)N=C1C. The molecule has 4 nitrogen and oxygen atoms in total. The minimum atomic E-state index is -0.907. The van der Waals surface area contributed by atoms with Gasteiger partial charge in [0.2, 0.25) is 0 Å². The number of nitrogens with zero attached hydrogens (tertiary/aromatic N) is 2. The molecule has 26 heavy (non-hydrogen) atoms. The smallest absolute Gasteiger partial charge is 0.262 e. The highest BCUT2D eigenvalue weighted by atomic mass is 35.5. The van der Waals surface area contributed by atoms with Crippen molar-refractivity contribution in [2.45, 2.75) is 26.6 Å². The number of halogens is 1. The first-order chi connectivity index (χ1) is 12.5. The summed E-state index contributed by atoms with van der Waals surface area (Å²) in [6, 6.07) is 16.8. The second-order valence-corrected chi connectivity index (χ2v) is 6.87. The van der Waals surface area contributed by atoms with E-state index in [1.54, 1.807) is 6.08 Å². The average Bonchev–Trinajstić information content (AvgIpc) is 2.88. The average molecular weight is 369 g/mol. The van der Waals surface area contributed by atoms with Crippen molar-refractivity contribution >= 4 is 28.9 Å². The van der Waals surface area contributed by atoms with E-state index in [0.29, 0.717) is 17.3 Å². The van der Waals surface area contributed by atoms with Gasteiger partial charge in [-0.2, -0.15) is 10.1 Å². The van der Waals surface area contributed by atoms with Gasteiger partial charge in [0.15, 0.2) is 0 Å². The molecule has 0 aliphatic carbocycles. The van der Waals surface area contributed by atoms with Gasteiger partial charge in [0.1, 0.15) is 5.41 Å². The van der Waals surface area contributed by atoms with E-state index in [2.05, 4.69) is 11.7 Å².